The summed E-state index contributed by atoms with van der Waals surface area (Å²) in [5.41, 5.74) is 11.9. The van der Waals surface area contributed by atoms with E-state index >= 15 is 0 Å². The van der Waals surface area contributed by atoms with Gasteiger partial charge in [-0.1, -0.05) is 36.8 Å². The minimum atomic E-state index is -1.44. The van der Waals surface area contributed by atoms with Gasteiger partial charge in [-0.2, -0.15) is 0 Å². The quantitative estimate of drug-likeness (QED) is 0.140. The van der Waals surface area contributed by atoms with Crippen LogP contribution in [0.25, 0.3) is 0 Å². The van der Waals surface area contributed by atoms with Gasteiger partial charge in [0.25, 0.3) is 0 Å². The van der Waals surface area contributed by atoms with Gasteiger partial charge in [0, 0.05) is 12.8 Å². The summed E-state index contributed by atoms with van der Waals surface area (Å²) in [5.74, 6) is -4.58. The molecule has 0 aromatic heterocycles. The smallest absolute Gasteiger partial charge is 0.326 e. The monoisotopic (exact) mass is 479 g/mol. The van der Waals surface area contributed by atoms with Crippen LogP contribution in [0.3, 0.4) is 0 Å². The molecule has 0 aliphatic rings. The summed E-state index contributed by atoms with van der Waals surface area (Å²) >= 11 is 0. The van der Waals surface area contributed by atoms with E-state index in [9.17, 15) is 29.1 Å². The Kier molecular flexibility index (Phi) is 12.9. The lowest BCUT2D eigenvalue weighted by Crippen LogP contribution is -2.54. The van der Waals surface area contributed by atoms with Crippen molar-refractivity contribution in [1.29, 1.82) is 0 Å². The molecule has 188 valence electrons. The minimum absolute atomic E-state index is 0.0518. The van der Waals surface area contributed by atoms with Crippen molar-refractivity contribution in [3.05, 3.63) is 35.9 Å². The lowest BCUT2D eigenvalue weighted by molar-refractivity contribution is -0.143. The number of carboxylic acid groups (broad SMARTS) is 2. The van der Waals surface area contributed by atoms with Gasteiger partial charge in [-0.3, -0.25) is 19.2 Å². The summed E-state index contributed by atoms with van der Waals surface area (Å²) in [4.78, 5) is 59.4. The van der Waals surface area contributed by atoms with E-state index in [0.717, 1.165) is 6.42 Å². The molecule has 0 heterocycles. The van der Waals surface area contributed by atoms with Crippen LogP contribution in [0.15, 0.2) is 30.3 Å². The maximum Gasteiger partial charge on any atom is 0.326 e. The molecule has 1 aromatic rings. The van der Waals surface area contributed by atoms with Gasteiger partial charge in [0.15, 0.2) is 0 Å². The highest BCUT2D eigenvalue weighted by Crippen LogP contribution is 2.06. The first-order valence-corrected chi connectivity index (χ1v) is 11.0. The van der Waals surface area contributed by atoms with Gasteiger partial charge in [-0.15, -0.1) is 0 Å². The summed E-state index contributed by atoms with van der Waals surface area (Å²) in [6.45, 7) is 0.0595. The van der Waals surface area contributed by atoms with Crippen LogP contribution in [0.5, 0.6) is 0 Å². The van der Waals surface area contributed by atoms with Crippen LogP contribution in [0, 0.1) is 0 Å². The predicted octanol–water partition coefficient (Wildman–Crippen LogP) is -1.28. The van der Waals surface area contributed by atoms with Crippen molar-refractivity contribution in [2.24, 2.45) is 11.5 Å². The summed E-state index contributed by atoms with van der Waals surface area (Å²) < 4.78 is 0. The van der Waals surface area contributed by atoms with Crippen molar-refractivity contribution in [2.75, 3.05) is 13.1 Å². The van der Waals surface area contributed by atoms with Crippen molar-refractivity contribution < 1.29 is 34.2 Å². The van der Waals surface area contributed by atoms with E-state index in [2.05, 4.69) is 16.0 Å². The summed E-state index contributed by atoms with van der Waals surface area (Å²) in [6, 6.07) is 5.32. The first kappa shape index (κ1) is 28.5. The van der Waals surface area contributed by atoms with Crippen LogP contribution < -0.4 is 27.4 Å². The Bertz CT molecular complexity index is 834. The number of benzene rings is 1. The second-order valence-electron chi connectivity index (χ2n) is 7.75. The molecule has 0 saturated heterocycles. The van der Waals surface area contributed by atoms with Crippen LogP contribution in [0.1, 0.15) is 37.7 Å². The van der Waals surface area contributed by atoms with E-state index in [1.165, 1.54) is 0 Å². The van der Waals surface area contributed by atoms with Gasteiger partial charge in [-0.25, -0.2) is 4.79 Å². The zero-order chi connectivity index (χ0) is 25.5. The molecule has 0 aliphatic heterocycles. The fourth-order valence-corrected chi connectivity index (χ4v) is 3.04. The van der Waals surface area contributed by atoms with Crippen molar-refractivity contribution in [3.63, 3.8) is 0 Å². The second kappa shape index (κ2) is 15.3. The normalized spacial score (nSPS) is 13.2. The SMILES string of the molecule is NCCCCC(N)C(=O)NCC(=O)NC(Cc1ccccc1)C(=O)NC(CCC(=O)O)C(=O)O. The molecule has 0 radical (unpaired) electrons. The van der Waals surface area contributed by atoms with Gasteiger partial charge in [0.2, 0.25) is 17.7 Å². The van der Waals surface area contributed by atoms with Crippen LogP contribution in [-0.4, -0.2) is 71.1 Å². The number of carboxylic acids is 2. The van der Waals surface area contributed by atoms with Gasteiger partial charge in [-0.05, 0) is 31.4 Å². The number of carbonyl (C=O) groups excluding carboxylic acids is 3. The third-order valence-corrected chi connectivity index (χ3v) is 4.93. The lowest BCUT2D eigenvalue weighted by atomic mass is 10.0. The number of unbranched alkanes of at least 4 members (excludes halogenated alkanes) is 1. The third kappa shape index (κ3) is 11.4. The third-order valence-electron chi connectivity index (χ3n) is 4.93. The summed E-state index contributed by atoms with van der Waals surface area (Å²) in [5, 5.41) is 25.3. The largest absolute Gasteiger partial charge is 0.481 e. The molecule has 12 heteroatoms. The van der Waals surface area contributed by atoms with Gasteiger partial charge < -0.3 is 37.6 Å². The van der Waals surface area contributed by atoms with Crippen LogP contribution >= 0.6 is 0 Å². The zero-order valence-electron chi connectivity index (χ0n) is 18.9. The first-order chi connectivity index (χ1) is 16.1. The summed E-state index contributed by atoms with van der Waals surface area (Å²) in [6.07, 6.45) is 1.09. The van der Waals surface area contributed by atoms with Crippen LogP contribution in [0.4, 0.5) is 0 Å². The molecule has 0 fully saturated rings. The van der Waals surface area contributed by atoms with Gasteiger partial charge >= 0.3 is 11.9 Å². The molecule has 3 atom stereocenters. The Morgan fingerprint density at radius 3 is 2.15 bits per heavy atom. The minimum Gasteiger partial charge on any atom is -0.481 e. The first-order valence-electron chi connectivity index (χ1n) is 11.0. The number of nitrogens with two attached hydrogens (primary N) is 2. The van der Waals surface area contributed by atoms with Gasteiger partial charge in [0.05, 0.1) is 12.6 Å². The maximum absolute atomic E-state index is 12.8. The highest BCUT2D eigenvalue weighted by Gasteiger charge is 2.27. The van der Waals surface area contributed by atoms with Crippen LogP contribution in [0.2, 0.25) is 0 Å². The molecule has 0 spiro atoms. The van der Waals surface area contributed by atoms with E-state index in [1.807, 2.05) is 0 Å². The molecular formula is C22H33N5O7. The van der Waals surface area contributed by atoms with Crippen molar-refractivity contribution in [3.8, 4) is 0 Å². The second-order valence-corrected chi connectivity index (χ2v) is 7.75. The van der Waals surface area contributed by atoms with Crippen molar-refractivity contribution in [2.45, 2.75) is 56.7 Å². The number of aliphatic carboxylic acids is 2. The molecule has 3 unspecified atom stereocenters. The molecule has 0 aliphatic carbocycles. The molecule has 9 N–H and O–H groups in total. The number of rotatable bonds is 16. The van der Waals surface area contributed by atoms with Crippen molar-refractivity contribution >= 4 is 29.7 Å². The average molecular weight is 480 g/mol. The molecule has 0 saturated carbocycles. The predicted molar refractivity (Wildman–Crippen MR) is 122 cm³/mol. The molecule has 12 nitrogen and oxygen atoms in total. The molecule has 1 aromatic carbocycles. The molecule has 0 bridgehead atoms. The zero-order valence-corrected chi connectivity index (χ0v) is 18.9. The Balaban J connectivity index is 2.78. The standard InChI is InChI=1S/C22H33N5O7/c23-11-5-4-8-15(24)20(31)25-13-18(28)26-17(12-14-6-2-1-3-7-14)21(32)27-16(22(33)34)9-10-19(29)30/h1-3,6-7,15-17H,4-5,8-13,23-24H2,(H,25,31)(H,26,28)(H,27,32)(H,29,30)(H,33,34). The Morgan fingerprint density at radius 1 is 0.882 bits per heavy atom. The molecule has 1 rings (SSSR count). The number of hydrogen-bond donors (Lipinski definition) is 7. The number of nitrogens with one attached hydrogen (secondary N) is 3. The fourth-order valence-electron chi connectivity index (χ4n) is 3.04. The van der Waals surface area contributed by atoms with Gasteiger partial charge in [0.1, 0.15) is 12.1 Å². The average Bonchev–Trinajstić information content (AvgIpc) is 2.80. The number of hydrogen-bond acceptors (Lipinski definition) is 7. The topological polar surface area (TPSA) is 214 Å². The van der Waals surface area contributed by atoms with E-state index in [0.29, 0.717) is 24.9 Å². The summed E-state index contributed by atoms with van der Waals surface area (Å²) in [7, 11) is 0. The van der Waals surface area contributed by atoms with E-state index in [1.54, 1.807) is 30.3 Å². The number of amides is 3. The van der Waals surface area contributed by atoms with E-state index < -0.39 is 60.8 Å². The Labute approximate surface area is 197 Å². The maximum atomic E-state index is 12.8. The van der Waals surface area contributed by atoms with E-state index in [4.69, 9.17) is 16.6 Å². The molecular weight excluding hydrogens is 446 g/mol. The Hall–Kier alpha value is -3.51. The van der Waals surface area contributed by atoms with Crippen LogP contribution in [-0.2, 0) is 30.4 Å². The lowest BCUT2D eigenvalue weighted by Gasteiger charge is -2.22. The fraction of sp³-hybridized carbons (Fsp3) is 0.500. The van der Waals surface area contributed by atoms with E-state index in [-0.39, 0.29) is 12.8 Å². The highest BCUT2D eigenvalue weighted by atomic mass is 16.4. The highest BCUT2D eigenvalue weighted by molar-refractivity contribution is 5.92. The molecule has 34 heavy (non-hydrogen) atoms. The molecule has 3 amide bonds. The Morgan fingerprint density at radius 2 is 1.56 bits per heavy atom. The number of carbonyl (C=O) groups is 5. The van der Waals surface area contributed by atoms with Crippen molar-refractivity contribution in [1.82, 2.24) is 16.0 Å².